The fourth-order valence-electron chi connectivity index (χ4n) is 1.28. The molecule has 1 amide bonds. The SMILES string of the molecule is CCOC(=O)CNCCCCNC(=O)OC(C)(C)C. The van der Waals surface area contributed by atoms with Gasteiger partial charge in [-0.1, -0.05) is 0 Å². The molecule has 0 saturated carbocycles. The third-order valence-corrected chi connectivity index (χ3v) is 2.02. The Hall–Kier alpha value is -1.30. The maximum Gasteiger partial charge on any atom is 0.407 e. The first-order valence-electron chi connectivity index (χ1n) is 6.68. The van der Waals surface area contributed by atoms with Crippen LogP contribution in [0.15, 0.2) is 0 Å². The Balaban J connectivity index is 3.36. The van der Waals surface area contributed by atoms with Gasteiger partial charge in [-0.25, -0.2) is 4.79 Å². The topological polar surface area (TPSA) is 76.7 Å². The molecule has 0 heterocycles. The molecule has 19 heavy (non-hydrogen) atoms. The minimum absolute atomic E-state index is 0.229. The first-order chi connectivity index (χ1) is 8.85. The van der Waals surface area contributed by atoms with E-state index in [2.05, 4.69) is 10.6 Å². The third kappa shape index (κ3) is 12.9. The summed E-state index contributed by atoms with van der Waals surface area (Å²) < 4.78 is 9.87. The molecule has 0 aromatic carbocycles. The molecule has 0 unspecified atom stereocenters. The number of rotatable bonds is 8. The second kappa shape index (κ2) is 9.61. The van der Waals surface area contributed by atoms with Crippen molar-refractivity contribution < 1.29 is 19.1 Å². The Morgan fingerprint density at radius 1 is 1.11 bits per heavy atom. The average molecular weight is 274 g/mol. The van der Waals surface area contributed by atoms with Crippen LogP contribution in [0.1, 0.15) is 40.5 Å². The molecule has 0 bridgehead atoms. The van der Waals surface area contributed by atoms with E-state index < -0.39 is 11.7 Å². The number of carbonyl (C=O) groups excluding carboxylic acids is 2. The van der Waals surface area contributed by atoms with E-state index in [1.54, 1.807) is 6.92 Å². The first-order valence-corrected chi connectivity index (χ1v) is 6.68. The molecule has 2 N–H and O–H groups in total. The van der Waals surface area contributed by atoms with Crippen molar-refractivity contribution in [2.45, 2.75) is 46.1 Å². The molecular formula is C13H26N2O4. The molecule has 0 aliphatic carbocycles. The highest BCUT2D eigenvalue weighted by atomic mass is 16.6. The second-order valence-electron chi connectivity index (χ2n) is 5.12. The molecule has 0 atom stereocenters. The molecule has 0 aliphatic heterocycles. The van der Waals surface area contributed by atoms with Crippen molar-refractivity contribution in [3.63, 3.8) is 0 Å². The number of unbranched alkanes of at least 4 members (excludes halogenated alkanes) is 1. The van der Waals surface area contributed by atoms with Crippen LogP contribution in [-0.2, 0) is 14.3 Å². The number of esters is 1. The molecule has 0 rings (SSSR count). The fourth-order valence-corrected chi connectivity index (χ4v) is 1.28. The maximum absolute atomic E-state index is 11.3. The molecule has 0 saturated heterocycles. The highest BCUT2D eigenvalue weighted by Gasteiger charge is 2.15. The van der Waals surface area contributed by atoms with Crippen LogP contribution in [0.5, 0.6) is 0 Å². The normalized spacial score (nSPS) is 10.9. The average Bonchev–Trinajstić information content (AvgIpc) is 2.25. The van der Waals surface area contributed by atoms with Crippen molar-refractivity contribution in [3.05, 3.63) is 0 Å². The van der Waals surface area contributed by atoms with E-state index in [1.165, 1.54) is 0 Å². The van der Waals surface area contributed by atoms with Crippen LogP contribution in [0.3, 0.4) is 0 Å². The van der Waals surface area contributed by atoms with Crippen LogP contribution < -0.4 is 10.6 Å². The monoisotopic (exact) mass is 274 g/mol. The summed E-state index contributed by atoms with van der Waals surface area (Å²) in [6.07, 6.45) is 1.30. The predicted octanol–water partition coefficient (Wildman–Crippen LogP) is 1.44. The lowest BCUT2D eigenvalue weighted by Gasteiger charge is -2.19. The Morgan fingerprint density at radius 3 is 2.32 bits per heavy atom. The van der Waals surface area contributed by atoms with E-state index in [0.717, 1.165) is 19.4 Å². The van der Waals surface area contributed by atoms with Gasteiger partial charge in [-0.15, -0.1) is 0 Å². The summed E-state index contributed by atoms with van der Waals surface area (Å²) in [5.41, 5.74) is -0.467. The number of nitrogens with one attached hydrogen (secondary N) is 2. The number of ether oxygens (including phenoxy) is 2. The van der Waals surface area contributed by atoms with E-state index in [0.29, 0.717) is 13.2 Å². The highest BCUT2D eigenvalue weighted by molar-refractivity contribution is 5.71. The Kier molecular flexibility index (Phi) is 8.95. The number of alkyl carbamates (subject to hydrolysis) is 1. The lowest BCUT2D eigenvalue weighted by molar-refractivity contribution is -0.141. The molecule has 0 fully saturated rings. The fraction of sp³-hybridized carbons (Fsp3) is 0.846. The summed E-state index contributed by atoms with van der Waals surface area (Å²) in [6, 6.07) is 0. The Morgan fingerprint density at radius 2 is 1.74 bits per heavy atom. The van der Waals surface area contributed by atoms with Crippen molar-refractivity contribution >= 4 is 12.1 Å². The van der Waals surface area contributed by atoms with E-state index in [-0.39, 0.29) is 12.5 Å². The number of hydrogen-bond donors (Lipinski definition) is 2. The molecule has 0 aromatic rings. The molecule has 6 heteroatoms. The Labute approximate surface area is 115 Å². The number of hydrogen-bond acceptors (Lipinski definition) is 5. The van der Waals surface area contributed by atoms with Crippen molar-refractivity contribution in [1.82, 2.24) is 10.6 Å². The lowest BCUT2D eigenvalue weighted by Crippen LogP contribution is -2.33. The standard InChI is InChI=1S/C13H26N2O4/c1-5-18-11(16)10-14-8-6-7-9-15-12(17)19-13(2,3)4/h14H,5-10H2,1-4H3,(H,15,17). The molecule has 6 nitrogen and oxygen atoms in total. The first kappa shape index (κ1) is 17.7. The van der Waals surface area contributed by atoms with E-state index in [4.69, 9.17) is 9.47 Å². The van der Waals surface area contributed by atoms with Crippen LogP contribution >= 0.6 is 0 Å². The summed E-state index contributed by atoms with van der Waals surface area (Å²) >= 11 is 0. The zero-order valence-electron chi connectivity index (χ0n) is 12.4. The van der Waals surface area contributed by atoms with Gasteiger partial charge in [-0.2, -0.15) is 0 Å². The minimum Gasteiger partial charge on any atom is -0.465 e. The smallest absolute Gasteiger partial charge is 0.407 e. The molecule has 0 aliphatic rings. The maximum atomic E-state index is 11.3. The van der Waals surface area contributed by atoms with Gasteiger partial charge in [0, 0.05) is 6.54 Å². The molecule has 112 valence electrons. The lowest BCUT2D eigenvalue weighted by atomic mass is 10.2. The van der Waals surface area contributed by atoms with Crippen molar-refractivity contribution in [2.24, 2.45) is 0 Å². The van der Waals surface area contributed by atoms with Gasteiger partial charge in [0.25, 0.3) is 0 Å². The van der Waals surface area contributed by atoms with Gasteiger partial charge in [-0.3, -0.25) is 4.79 Å². The summed E-state index contributed by atoms with van der Waals surface area (Å²) in [7, 11) is 0. The summed E-state index contributed by atoms with van der Waals surface area (Å²) in [6.45, 7) is 9.17. The van der Waals surface area contributed by atoms with Crippen molar-refractivity contribution in [3.8, 4) is 0 Å². The third-order valence-electron chi connectivity index (χ3n) is 2.02. The van der Waals surface area contributed by atoms with E-state index >= 15 is 0 Å². The van der Waals surface area contributed by atoms with Gasteiger partial charge < -0.3 is 20.1 Å². The van der Waals surface area contributed by atoms with E-state index in [1.807, 2.05) is 20.8 Å². The largest absolute Gasteiger partial charge is 0.465 e. The zero-order valence-corrected chi connectivity index (χ0v) is 12.4. The molecule has 0 aromatic heterocycles. The van der Waals surface area contributed by atoms with Crippen LogP contribution in [0.2, 0.25) is 0 Å². The van der Waals surface area contributed by atoms with E-state index in [9.17, 15) is 9.59 Å². The van der Waals surface area contributed by atoms with Crippen LogP contribution in [0.25, 0.3) is 0 Å². The minimum atomic E-state index is -0.467. The van der Waals surface area contributed by atoms with Crippen LogP contribution in [0.4, 0.5) is 4.79 Å². The predicted molar refractivity (Wildman–Crippen MR) is 73.0 cm³/mol. The van der Waals surface area contributed by atoms with Crippen LogP contribution in [0, 0.1) is 0 Å². The summed E-state index contributed by atoms with van der Waals surface area (Å²) in [5.74, 6) is -0.241. The molecule has 0 radical (unpaired) electrons. The van der Waals surface area contributed by atoms with Gasteiger partial charge in [-0.05, 0) is 47.1 Å². The van der Waals surface area contributed by atoms with Crippen molar-refractivity contribution in [1.29, 1.82) is 0 Å². The number of amides is 1. The van der Waals surface area contributed by atoms with Gasteiger partial charge in [0.05, 0.1) is 13.2 Å². The van der Waals surface area contributed by atoms with Crippen LogP contribution in [-0.4, -0.2) is 43.9 Å². The molecule has 0 spiro atoms. The van der Waals surface area contributed by atoms with Gasteiger partial charge in [0.1, 0.15) is 5.60 Å². The highest BCUT2D eigenvalue weighted by Crippen LogP contribution is 2.06. The second-order valence-corrected chi connectivity index (χ2v) is 5.12. The zero-order chi connectivity index (χ0) is 14.7. The van der Waals surface area contributed by atoms with Gasteiger partial charge in [0.2, 0.25) is 0 Å². The van der Waals surface area contributed by atoms with Gasteiger partial charge in [0.15, 0.2) is 0 Å². The van der Waals surface area contributed by atoms with Gasteiger partial charge >= 0.3 is 12.1 Å². The Bertz CT molecular complexity index is 274. The number of carbonyl (C=O) groups is 2. The summed E-state index contributed by atoms with van der Waals surface area (Å²) in [4.78, 5) is 22.3. The quantitative estimate of drug-likeness (QED) is 0.517. The summed E-state index contributed by atoms with van der Waals surface area (Å²) in [5, 5.41) is 5.66. The van der Waals surface area contributed by atoms with Crippen molar-refractivity contribution in [2.75, 3.05) is 26.2 Å². The molecular weight excluding hydrogens is 248 g/mol.